The van der Waals surface area contributed by atoms with E-state index in [1.165, 1.54) is 11.8 Å². The molecule has 1 aromatic carbocycles. The number of nitrogens with zero attached hydrogens (tertiary/aromatic N) is 1. The summed E-state index contributed by atoms with van der Waals surface area (Å²) in [6.07, 6.45) is 2.03. The van der Waals surface area contributed by atoms with Gasteiger partial charge in [0.2, 0.25) is 0 Å². The second-order valence-corrected chi connectivity index (χ2v) is 3.95. The van der Waals surface area contributed by atoms with E-state index in [4.69, 9.17) is 9.63 Å². The highest BCUT2D eigenvalue weighted by molar-refractivity contribution is 5.68. The van der Waals surface area contributed by atoms with E-state index in [9.17, 15) is 4.79 Å². The van der Waals surface area contributed by atoms with Crippen LogP contribution in [0.15, 0.2) is 35.1 Å². The van der Waals surface area contributed by atoms with E-state index in [1.807, 2.05) is 31.2 Å². The Morgan fingerprint density at radius 3 is 2.71 bits per heavy atom. The molecule has 0 unspecified atom stereocenters. The van der Waals surface area contributed by atoms with Crippen LogP contribution < -0.4 is 0 Å². The molecule has 1 N–H and O–H groups in total. The standard InChI is InChI=1S/C13H13NO3/c1-9-2-4-10(5-3-9)13-11(8-17-14-13)6-7-12(15)16/h2-5,8H,6-7H2,1H3,(H,15,16). The average Bonchev–Trinajstić information content (AvgIpc) is 2.75. The molecule has 1 aromatic heterocycles. The molecular formula is C13H13NO3. The summed E-state index contributed by atoms with van der Waals surface area (Å²) < 4.78 is 4.92. The third-order valence-corrected chi connectivity index (χ3v) is 2.58. The SMILES string of the molecule is Cc1ccc(-c2nocc2CCC(=O)O)cc1. The van der Waals surface area contributed by atoms with Gasteiger partial charge in [0.15, 0.2) is 0 Å². The topological polar surface area (TPSA) is 63.3 Å². The maximum Gasteiger partial charge on any atom is 0.303 e. The van der Waals surface area contributed by atoms with Gasteiger partial charge < -0.3 is 9.63 Å². The number of aryl methyl sites for hydroxylation is 2. The normalized spacial score (nSPS) is 10.4. The van der Waals surface area contributed by atoms with E-state index in [0.717, 1.165) is 16.8 Å². The fraction of sp³-hybridized carbons (Fsp3) is 0.231. The summed E-state index contributed by atoms with van der Waals surface area (Å²) in [6.45, 7) is 2.01. The van der Waals surface area contributed by atoms with E-state index < -0.39 is 5.97 Å². The van der Waals surface area contributed by atoms with Gasteiger partial charge in [-0.3, -0.25) is 4.79 Å². The first kappa shape index (κ1) is 11.4. The van der Waals surface area contributed by atoms with Crippen LogP contribution in [0, 0.1) is 6.92 Å². The van der Waals surface area contributed by atoms with Crippen molar-refractivity contribution in [2.75, 3.05) is 0 Å². The first-order chi connectivity index (χ1) is 8.16. The fourth-order valence-electron chi connectivity index (χ4n) is 1.63. The van der Waals surface area contributed by atoms with Crippen LogP contribution in [0.3, 0.4) is 0 Å². The molecular weight excluding hydrogens is 218 g/mol. The third-order valence-electron chi connectivity index (χ3n) is 2.58. The van der Waals surface area contributed by atoms with Crippen LogP contribution in [0.25, 0.3) is 11.3 Å². The number of hydrogen-bond acceptors (Lipinski definition) is 3. The molecule has 0 aliphatic rings. The summed E-state index contributed by atoms with van der Waals surface area (Å²) >= 11 is 0. The van der Waals surface area contributed by atoms with Crippen molar-refractivity contribution in [3.05, 3.63) is 41.7 Å². The Kier molecular flexibility index (Phi) is 3.23. The number of carbonyl (C=O) groups is 1. The quantitative estimate of drug-likeness (QED) is 0.878. The number of aromatic nitrogens is 1. The molecule has 17 heavy (non-hydrogen) atoms. The van der Waals surface area contributed by atoms with Crippen molar-refractivity contribution in [3.8, 4) is 11.3 Å². The van der Waals surface area contributed by atoms with Gasteiger partial charge >= 0.3 is 5.97 Å². The number of carboxylic acid groups (broad SMARTS) is 1. The zero-order chi connectivity index (χ0) is 12.3. The minimum absolute atomic E-state index is 0.0834. The predicted octanol–water partition coefficient (Wildman–Crippen LogP) is 2.67. The molecule has 2 aromatic rings. The maximum atomic E-state index is 10.5. The molecule has 0 amide bonds. The minimum Gasteiger partial charge on any atom is -0.481 e. The summed E-state index contributed by atoms with van der Waals surface area (Å²) in [5.74, 6) is -0.818. The van der Waals surface area contributed by atoms with Gasteiger partial charge in [0.05, 0.1) is 0 Å². The lowest BCUT2D eigenvalue weighted by atomic mass is 10.0. The molecule has 88 valence electrons. The van der Waals surface area contributed by atoms with Crippen LogP contribution in [0.2, 0.25) is 0 Å². The Morgan fingerprint density at radius 1 is 1.35 bits per heavy atom. The molecule has 0 spiro atoms. The van der Waals surface area contributed by atoms with Crippen LogP contribution in [0.4, 0.5) is 0 Å². The van der Waals surface area contributed by atoms with Crippen molar-refractivity contribution < 1.29 is 14.4 Å². The van der Waals surface area contributed by atoms with Crippen LogP contribution in [0.1, 0.15) is 17.5 Å². The molecule has 0 saturated carbocycles. The summed E-state index contributed by atoms with van der Waals surface area (Å²) in [7, 11) is 0. The van der Waals surface area contributed by atoms with E-state index in [2.05, 4.69) is 5.16 Å². The summed E-state index contributed by atoms with van der Waals surface area (Å²) in [5, 5.41) is 12.6. The van der Waals surface area contributed by atoms with Crippen molar-refractivity contribution in [2.24, 2.45) is 0 Å². The highest BCUT2D eigenvalue weighted by atomic mass is 16.5. The third kappa shape index (κ3) is 2.72. The van der Waals surface area contributed by atoms with Crippen molar-refractivity contribution in [1.82, 2.24) is 5.16 Å². The second kappa shape index (κ2) is 4.82. The predicted molar refractivity (Wildman–Crippen MR) is 62.6 cm³/mol. The Balaban J connectivity index is 2.24. The van der Waals surface area contributed by atoms with Gasteiger partial charge in [0, 0.05) is 17.5 Å². The minimum atomic E-state index is -0.818. The molecule has 0 fully saturated rings. The molecule has 2 rings (SSSR count). The highest BCUT2D eigenvalue weighted by Gasteiger charge is 2.11. The maximum absolute atomic E-state index is 10.5. The largest absolute Gasteiger partial charge is 0.481 e. The first-order valence-corrected chi connectivity index (χ1v) is 5.39. The van der Waals surface area contributed by atoms with Gasteiger partial charge in [0.25, 0.3) is 0 Å². The number of carboxylic acids is 1. The zero-order valence-electron chi connectivity index (χ0n) is 9.51. The molecule has 1 heterocycles. The molecule has 4 heteroatoms. The van der Waals surface area contributed by atoms with E-state index in [0.29, 0.717) is 6.42 Å². The van der Waals surface area contributed by atoms with E-state index >= 15 is 0 Å². The Labute approximate surface area is 98.9 Å². The van der Waals surface area contributed by atoms with Crippen LogP contribution in [-0.2, 0) is 11.2 Å². The van der Waals surface area contributed by atoms with Crippen LogP contribution in [-0.4, -0.2) is 16.2 Å². The van der Waals surface area contributed by atoms with Gasteiger partial charge in [0.1, 0.15) is 12.0 Å². The van der Waals surface area contributed by atoms with E-state index in [1.54, 1.807) is 0 Å². The first-order valence-electron chi connectivity index (χ1n) is 5.39. The van der Waals surface area contributed by atoms with Gasteiger partial charge in [-0.25, -0.2) is 0 Å². The molecule has 0 bridgehead atoms. The monoisotopic (exact) mass is 231 g/mol. The summed E-state index contributed by atoms with van der Waals surface area (Å²) in [5.41, 5.74) is 3.68. The Bertz CT molecular complexity index is 514. The van der Waals surface area contributed by atoms with Gasteiger partial charge in [-0.15, -0.1) is 0 Å². The van der Waals surface area contributed by atoms with Crippen molar-refractivity contribution in [1.29, 1.82) is 0 Å². The number of aliphatic carboxylic acids is 1. The Morgan fingerprint density at radius 2 is 2.06 bits per heavy atom. The zero-order valence-corrected chi connectivity index (χ0v) is 9.51. The van der Waals surface area contributed by atoms with Crippen molar-refractivity contribution in [2.45, 2.75) is 19.8 Å². The molecule has 0 aliphatic carbocycles. The van der Waals surface area contributed by atoms with Crippen molar-refractivity contribution in [3.63, 3.8) is 0 Å². The number of rotatable bonds is 4. The molecule has 0 aliphatic heterocycles. The van der Waals surface area contributed by atoms with Gasteiger partial charge in [-0.2, -0.15) is 0 Å². The van der Waals surface area contributed by atoms with Gasteiger partial charge in [-0.1, -0.05) is 35.0 Å². The lowest BCUT2D eigenvalue weighted by Crippen LogP contribution is -1.97. The van der Waals surface area contributed by atoms with Gasteiger partial charge in [-0.05, 0) is 13.3 Å². The summed E-state index contributed by atoms with van der Waals surface area (Å²) in [4.78, 5) is 10.5. The number of benzene rings is 1. The molecule has 4 nitrogen and oxygen atoms in total. The van der Waals surface area contributed by atoms with E-state index in [-0.39, 0.29) is 6.42 Å². The highest BCUT2D eigenvalue weighted by Crippen LogP contribution is 2.23. The molecule has 0 radical (unpaired) electrons. The average molecular weight is 231 g/mol. The van der Waals surface area contributed by atoms with Crippen molar-refractivity contribution >= 4 is 5.97 Å². The second-order valence-electron chi connectivity index (χ2n) is 3.95. The van der Waals surface area contributed by atoms with Crippen LogP contribution >= 0.6 is 0 Å². The number of hydrogen-bond donors (Lipinski definition) is 1. The smallest absolute Gasteiger partial charge is 0.303 e. The lowest BCUT2D eigenvalue weighted by molar-refractivity contribution is -0.136. The molecule has 0 saturated heterocycles. The fourth-order valence-corrected chi connectivity index (χ4v) is 1.63. The molecule has 0 atom stereocenters. The lowest BCUT2D eigenvalue weighted by Gasteiger charge is -2.00. The Hall–Kier alpha value is -2.10. The van der Waals surface area contributed by atoms with Crippen LogP contribution in [0.5, 0.6) is 0 Å². The summed E-state index contributed by atoms with van der Waals surface area (Å²) in [6, 6.07) is 7.89.